The van der Waals surface area contributed by atoms with Crippen molar-refractivity contribution in [3.8, 4) is 0 Å². The topological polar surface area (TPSA) is 23.5 Å². The molecule has 0 aliphatic carbocycles. The molecule has 2 rings (SSSR count). The summed E-state index contributed by atoms with van der Waals surface area (Å²) in [6, 6.07) is 4.26. The van der Waals surface area contributed by atoms with Gasteiger partial charge in [-0.25, -0.2) is 0 Å². The van der Waals surface area contributed by atoms with Crippen LogP contribution >= 0.6 is 11.3 Å². The summed E-state index contributed by atoms with van der Waals surface area (Å²) in [6.07, 6.45) is 1.12. The van der Waals surface area contributed by atoms with Crippen LogP contribution in [0.3, 0.4) is 0 Å². The Labute approximate surface area is 82.8 Å². The molecular formula is C10H15NOS. The van der Waals surface area contributed by atoms with E-state index >= 15 is 0 Å². The summed E-state index contributed by atoms with van der Waals surface area (Å²) in [4.78, 5) is 3.73. The highest BCUT2D eigenvalue weighted by molar-refractivity contribution is 7.09. The third kappa shape index (κ3) is 2.30. The SMILES string of the molecule is CC1(O)CN(CCc2cccs2)C1. The van der Waals surface area contributed by atoms with E-state index in [-0.39, 0.29) is 0 Å². The number of rotatable bonds is 3. The van der Waals surface area contributed by atoms with E-state index in [9.17, 15) is 5.11 Å². The van der Waals surface area contributed by atoms with Gasteiger partial charge in [-0.2, -0.15) is 0 Å². The maximum Gasteiger partial charge on any atom is 0.0872 e. The second-order valence-corrected chi connectivity index (χ2v) is 5.07. The normalized spacial score (nSPS) is 21.4. The van der Waals surface area contributed by atoms with Crippen molar-refractivity contribution in [2.75, 3.05) is 19.6 Å². The van der Waals surface area contributed by atoms with Crippen LogP contribution in [0, 0.1) is 0 Å². The van der Waals surface area contributed by atoms with Gasteiger partial charge in [0, 0.05) is 24.5 Å². The van der Waals surface area contributed by atoms with Gasteiger partial charge in [-0.1, -0.05) is 6.07 Å². The molecule has 0 spiro atoms. The Morgan fingerprint density at radius 1 is 1.62 bits per heavy atom. The van der Waals surface area contributed by atoms with Gasteiger partial charge in [0.1, 0.15) is 0 Å². The predicted octanol–water partition coefficient (Wildman–Crippen LogP) is 1.36. The molecule has 0 aromatic carbocycles. The molecule has 3 heteroatoms. The van der Waals surface area contributed by atoms with Gasteiger partial charge in [-0.05, 0) is 24.8 Å². The average molecular weight is 197 g/mol. The molecule has 1 aromatic rings. The number of hydrogen-bond acceptors (Lipinski definition) is 3. The van der Waals surface area contributed by atoms with E-state index in [4.69, 9.17) is 0 Å². The van der Waals surface area contributed by atoms with Crippen LogP contribution in [0.5, 0.6) is 0 Å². The average Bonchev–Trinajstić information content (AvgIpc) is 2.48. The van der Waals surface area contributed by atoms with Crippen molar-refractivity contribution in [3.05, 3.63) is 22.4 Å². The molecule has 1 saturated heterocycles. The van der Waals surface area contributed by atoms with Crippen LogP contribution < -0.4 is 0 Å². The number of nitrogens with zero attached hydrogens (tertiary/aromatic N) is 1. The highest BCUT2D eigenvalue weighted by atomic mass is 32.1. The molecule has 1 N–H and O–H groups in total. The predicted molar refractivity (Wildman–Crippen MR) is 55.1 cm³/mol. The van der Waals surface area contributed by atoms with Gasteiger partial charge < -0.3 is 5.11 Å². The Morgan fingerprint density at radius 3 is 2.92 bits per heavy atom. The maximum atomic E-state index is 9.50. The van der Waals surface area contributed by atoms with Gasteiger partial charge in [0.05, 0.1) is 5.60 Å². The number of β-amino-alcohol motifs (C(OH)–C–C–N with tert-alkyl or cyclic N) is 1. The van der Waals surface area contributed by atoms with Crippen molar-refractivity contribution in [3.63, 3.8) is 0 Å². The summed E-state index contributed by atoms with van der Waals surface area (Å²) in [7, 11) is 0. The van der Waals surface area contributed by atoms with Gasteiger partial charge in [0.15, 0.2) is 0 Å². The summed E-state index contributed by atoms with van der Waals surface area (Å²) in [5.74, 6) is 0. The van der Waals surface area contributed by atoms with Gasteiger partial charge in [-0.3, -0.25) is 4.90 Å². The fourth-order valence-corrected chi connectivity index (χ4v) is 2.50. The lowest BCUT2D eigenvalue weighted by Gasteiger charge is -2.44. The van der Waals surface area contributed by atoms with E-state index in [1.54, 1.807) is 0 Å². The zero-order valence-corrected chi connectivity index (χ0v) is 8.68. The molecular weight excluding hydrogens is 182 g/mol. The Hall–Kier alpha value is -0.380. The lowest BCUT2D eigenvalue weighted by Crippen LogP contribution is -2.60. The molecule has 13 heavy (non-hydrogen) atoms. The first-order valence-corrected chi connectivity index (χ1v) is 5.51. The maximum absolute atomic E-state index is 9.50. The number of likely N-dealkylation sites (tertiary alicyclic amines) is 1. The monoisotopic (exact) mass is 197 g/mol. The molecule has 1 fully saturated rings. The van der Waals surface area contributed by atoms with Gasteiger partial charge in [0.25, 0.3) is 0 Å². The highest BCUT2D eigenvalue weighted by Crippen LogP contribution is 2.20. The van der Waals surface area contributed by atoms with E-state index in [1.807, 2.05) is 18.3 Å². The first-order valence-electron chi connectivity index (χ1n) is 4.63. The Morgan fingerprint density at radius 2 is 2.38 bits per heavy atom. The molecule has 2 heterocycles. The summed E-state index contributed by atoms with van der Waals surface area (Å²) < 4.78 is 0. The zero-order valence-electron chi connectivity index (χ0n) is 7.86. The van der Waals surface area contributed by atoms with Crippen LogP contribution in [0.1, 0.15) is 11.8 Å². The molecule has 0 bridgehead atoms. The number of aliphatic hydroxyl groups is 1. The van der Waals surface area contributed by atoms with Gasteiger partial charge >= 0.3 is 0 Å². The van der Waals surface area contributed by atoms with Crippen molar-refractivity contribution in [2.24, 2.45) is 0 Å². The fourth-order valence-electron chi connectivity index (χ4n) is 1.80. The zero-order chi connectivity index (χ0) is 9.31. The van der Waals surface area contributed by atoms with Crippen molar-refractivity contribution in [1.29, 1.82) is 0 Å². The summed E-state index contributed by atoms with van der Waals surface area (Å²) in [5.41, 5.74) is -0.421. The Balaban J connectivity index is 1.71. The van der Waals surface area contributed by atoms with Crippen LogP contribution in [-0.4, -0.2) is 35.2 Å². The smallest absolute Gasteiger partial charge is 0.0872 e. The Kier molecular flexibility index (Phi) is 2.41. The van der Waals surface area contributed by atoms with E-state index in [1.165, 1.54) is 4.88 Å². The van der Waals surface area contributed by atoms with Gasteiger partial charge in [-0.15, -0.1) is 11.3 Å². The largest absolute Gasteiger partial charge is 0.388 e. The van der Waals surface area contributed by atoms with Crippen LogP contribution in [0.4, 0.5) is 0 Å². The van der Waals surface area contributed by atoms with Crippen LogP contribution in [0.2, 0.25) is 0 Å². The minimum atomic E-state index is -0.421. The molecule has 2 nitrogen and oxygen atoms in total. The first kappa shape index (κ1) is 9.19. The lowest BCUT2D eigenvalue weighted by atomic mass is 9.97. The molecule has 0 atom stereocenters. The lowest BCUT2D eigenvalue weighted by molar-refractivity contribution is -0.0823. The van der Waals surface area contributed by atoms with E-state index in [0.717, 1.165) is 26.1 Å². The Bertz CT molecular complexity index is 260. The minimum Gasteiger partial charge on any atom is -0.388 e. The summed E-state index contributed by atoms with van der Waals surface area (Å²) in [6.45, 7) is 4.64. The molecule has 0 saturated carbocycles. The molecule has 0 amide bonds. The highest BCUT2D eigenvalue weighted by Gasteiger charge is 2.35. The third-order valence-corrected chi connectivity index (χ3v) is 3.32. The van der Waals surface area contributed by atoms with Crippen molar-refractivity contribution < 1.29 is 5.11 Å². The molecule has 1 aliphatic rings. The first-order chi connectivity index (χ1) is 6.16. The van der Waals surface area contributed by atoms with Crippen LogP contribution in [0.25, 0.3) is 0 Å². The fraction of sp³-hybridized carbons (Fsp3) is 0.600. The van der Waals surface area contributed by atoms with Crippen molar-refractivity contribution in [2.45, 2.75) is 18.9 Å². The summed E-state index contributed by atoms with van der Waals surface area (Å²) in [5, 5.41) is 11.6. The van der Waals surface area contributed by atoms with Crippen LogP contribution in [0.15, 0.2) is 17.5 Å². The summed E-state index contributed by atoms with van der Waals surface area (Å²) >= 11 is 1.81. The van der Waals surface area contributed by atoms with Gasteiger partial charge in [0.2, 0.25) is 0 Å². The van der Waals surface area contributed by atoms with E-state index in [0.29, 0.717) is 0 Å². The molecule has 0 radical (unpaired) electrons. The number of hydrogen-bond donors (Lipinski definition) is 1. The van der Waals surface area contributed by atoms with Crippen molar-refractivity contribution >= 4 is 11.3 Å². The van der Waals surface area contributed by atoms with Crippen LogP contribution in [-0.2, 0) is 6.42 Å². The number of thiophene rings is 1. The quantitative estimate of drug-likeness (QED) is 0.791. The van der Waals surface area contributed by atoms with Crippen molar-refractivity contribution in [1.82, 2.24) is 4.90 Å². The van der Waals surface area contributed by atoms with E-state index < -0.39 is 5.60 Å². The standard InChI is InChI=1S/C10H15NOS/c1-10(12)7-11(8-10)5-4-9-3-2-6-13-9/h2-3,6,12H,4-5,7-8H2,1H3. The molecule has 72 valence electrons. The second-order valence-electron chi connectivity index (χ2n) is 4.04. The molecule has 1 aliphatic heterocycles. The van der Waals surface area contributed by atoms with E-state index in [2.05, 4.69) is 22.4 Å². The molecule has 0 unspecified atom stereocenters. The second kappa shape index (κ2) is 3.40. The molecule has 1 aromatic heterocycles. The minimum absolute atomic E-state index is 0.421. The third-order valence-electron chi connectivity index (χ3n) is 2.38.